The van der Waals surface area contributed by atoms with Crippen molar-refractivity contribution in [1.82, 2.24) is 14.9 Å². The number of amides is 1. The lowest BCUT2D eigenvalue weighted by molar-refractivity contribution is -0.119. The van der Waals surface area contributed by atoms with Gasteiger partial charge in [0.05, 0.1) is 17.1 Å². The van der Waals surface area contributed by atoms with Crippen molar-refractivity contribution in [3.8, 4) is 0 Å². The molecule has 0 saturated heterocycles. The molecule has 1 aromatic carbocycles. The first-order chi connectivity index (χ1) is 8.63. The monoisotopic (exact) mass is 245 g/mol. The maximum atomic E-state index is 11.2. The van der Waals surface area contributed by atoms with E-state index in [9.17, 15) is 4.79 Å². The van der Waals surface area contributed by atoms with Gasteiger partial charge in [-0.05, 0) is 25.5 Å². The number of para-hydroxylation sites is 2. The van der Waals surface area contributed by atoms with Crippen LogP contribution in [-0.2, 0) is 11.3 Å². The van der Waals surface area contributed by atoms with Crippen LogP contribution in [0.15, 0.2) is 24.3 Å². The van der Waals surface area contributed by atoms with Crippen LogP contribution in [-0.4, -0.2) is 15.5 Å². The van der Waals surface area contributed by atoms with Crippen molar-refractivity contribution in [1.29, 1.82) is 0 Å². The number of imidazole rings is 1. The van der Waals surface area contributed by atoms with E-state index in [-0.39, 0.29) is 11.9 Å². The number of carbonyl (C=O) groups is 1. The van der Waals surface area contributed by atoms with Gasteiger partial charge in [-0.1, -0.05) is 19.1 Å². The average molecular weight is 245 g/mol. The standard InChI is InChI=1S/C14H19N3O/c1-4-9-17-13-8-6-5-7-12(13)16-14(17)10(2)15-11(3)18/h5-8,10H,4,9H2,1-3H3,(H,15,18)/t10-/m1/s1. The largest absolute Gasteiger partial charge is 0.347 e. The van der Waals surface area contributed by atoms with Crippen LogP contribution in [0.2, 0.25) is 0 Å². The topological polar surface area (TPSA) is 46.9 Å². The van der Waals surface area contributed by atoms with Gasteiger partial charge in [-0.3, -0.25) is 4.79 Å². The van der Waals surface area contributed by atoms with Gasteiger partial charge in [0.25, 0.3) is 0 Å². The maximum absolute atomic E-state index is 11.2. The van der Waals surface area contributed by atoms with Gasteiger partial charge in [0.2, 0.25) is 5.91 Å². The maximum Gasteiger partial charge on any atom is 0.217 e. The third kappa shape index (κ3) is 2.37. The lowest BCUT2D eigenvalue weighted by atomic mass is 10.3. The van der Waals surface area contributed by atoms with Gasteiger partial charge >= 0.3 is 0 Å². The number of nitrogens with one attached hydrogen (secondary N) is 1. The van der Waals surface area contributed by atoms with Gasteiger partial charge in [-0.25, -0.2) is 4.98 Å². The van der Waals surface area contributed by atoms with Crippen molar-refractivity contribution in [2.45, 2.75) is 39.8 Å². The number of carbonyl (C=O) groups excluding carboxylic acids is 1. The molecule has 0 radical (unpaired) electrons. The number of rotatable bonds is 4. The number of nitrogens with zero attached hydrogens (tertiary/aromatic N) is 2. The molecule has 2 aromatic rings. The molecule has 1 N–H and O–H groups in total. The van der Waals surface area contributed by atoms with Crippen molar-refractivity contribution < 1.29 is 4.79 Å². The fourth-order valence-electron chi connectivity index (χ4n) is 2.25. The molecule has 0 bridgehead atoms. The Kier molecular flexibility index (Phi) is 3.65. The molecule has 1 aromatic heterocycles. The highest BCUT2D eigenvalue weighted by molar-refractivity contribution is 5.77. The zero-order valence-corrected chi connectivity index (χ0v) is 11.1. The zero-order valence-electron chi connectivity index (χ0n) is 11.1. The molecule has 4 nitrogen and oxygen atoms in total. The predicted octanol–water partition coefficient (Wildman–Crippen LogP) is 2.64. The third-order valence-electron chi connectivity index (χ3n) is 2.94. The Morgan fingerprint density at radius 1 is 1.44 bits per heavy atom. The van der Waals surface area contributed by atoms with Crippen molar-refractivity contribution in [2.75, 3.05) is 0 Å². The minimum absolute atomic E-state index is 0.0300. The van der Waals surface area contributed by atoms with Gasteiger partial charge in [-0.15, -0.1) is 0 Å². The Balaban J connectivity index is 2.47. The Morgan fingerprint density at radius 3 is 2.83 bits per heavy atom. The summed E-state index contributed by atoms with van der Waals surface area (Å²) in [5.41, 5.74) is 2.12. The summed E-state index contributed by atoms with van der Waals surface area (Å²) < 4.78 is 2.19. The molecule has 1 atom stereocenters. The van der Waals surface area contributed by atoms with Gasteiger partial charge in [0.1, 0.15) is 5.82 Å². The molecule has 4 heteroatoms. The van der Waals surface area contributed by atoms with E-state index in [0.29, 0.717) is 0 Å². The third-order valence-corrected chi connectivity index (χ3v) is 2.94. The first-order valence-electron chi connectivity index (χ1n) is 6.35. The van der Waals surface area contributed by atoms with Gasteiger partial charge in [-0.2, -0.15) is 0 Å². The molecular weight excluding hydrogens is 226 g/mol. The first kappa shape index (κ1) is 12.6. The summed E-state index contributed by atoms with van der Waals surface area (Å²) >= 11 is 0. The number of aromatic nitrogens is 2. The molecular formula is C14H19N3O. The molecule has 0 aliphatic carbocycles. The Labute approximate surface area is 107 Å². The zero-order chi connectivity index (χ0) is 13.1. The molecule has 0 aliphatic rings. The summed E-state index contributed by atoms with van der Waals surface area (Å²) in [5.74, 6) is 0.894. The Morgan fingerprint density at radius 2 is 2.17 bits per heavy atom. The lowest BCUT2D eigenvalue weighted by Crippen LogP contribution is -2.26. The fraction of sp³-hybridized carbons (Fsp3) is 0.429. The van der Waals surface area contributed by atoms with Crippen LogP contribution in [0, 0.1) is 0 Å². The fourth-order valence-corrected chi connectivity index (χ4v) is 2.25. The highest BCUT2D eigenvalue weighted by Crippen LogP contribution is 2.21. The van der Waals surface area contributed by atoms with Crippen molar-refractivity contribution in [2.24, 2.45) is 0 Å². The first-order valence-corrected chi connectivity index (χ1v) is 6.35. The SMILES string of the molecule is CCCn1c([C@@H](C)NC(C)=O)nc2ccccc21. The molecule has 1 amide bonds. The van der Waals surface area contributed by atoms with Crippen molar-refractivity contribution in [3.05, 3.63) is 30.1 Å². The van der Waals surface area contributed by atoms with E-state index < -0.39 is 0 Å². The number of benzene rings is 1. The molecule has 0 fully saturated rings. The van der Waals surface area contributed by atoms with Crippen LogP contribution in [0.4, 0.5) is 0 Å². The molecule has 0 aliphatic heterocycles. The molecule has 1 heterocycles. The van der Waals surface area contributed by atoms with E-state index >= 15 is 0 Å². The van der Waals surface area contributed by atoms with Crippen LogP contribution < -0.4 is 5.32 Å². The molecule has 0 spiro atoms. The summed E-state index contributed by atoms with van der Waals surface area (Å²) in [4.78, 5) is 15.8. The van der Waals surface area contributed by atoms with Crippen LogP contribution in [0.5, 0.6) is 0 Å². The summed E-state index contributed by atoms with van der Waals surface area (Å²) in [6, 6.07) is 8.01. The number of hydrogen-bond acceptors (Lipinski definition) is 2. The highest BCUT2D eigenvalue weighted by Gasteiger charge is 2.16. The molecule has 0 saturated carbocycles. The van der Waals surface area contributed by atoms with Gasteiger partial charge in [0, 0.05) is 13.5 Å². The smallest absolute Gasteiger partial charge is 0.217 e. The number of aryl methyl sites for hydroxylation is 1. The second-order valence-electron chi connectivity index (χ2n) is 4.53. The number of fused-ring (bicyclic) bond motifs is 1. The summed E-state index contributed by atoms with van der Waals surface area (Å²) in [5, 5.41) is 2.90. The molecule has 18 heavy (non-hydrogen) atoms. The van der Waals surface area contributed by atoms with E-state index in [2.05, 4.69) is 27.9 Å². The predicted molar refractivity (Wildman–Crippen MR) is 72.3 cm³/mol. The van der Waals surface area contributed by atoms with E-state index in [1.54, 1.807) is 0 Å². The van der Waals surface area contributed by atoms with Crippen LogP contribution in [0.1, 0.15) is 39.1 Å². The number of hydrogen-bond donors (Lipinski definition) is 1. The second-order valence-corrected chi connectivity index (χ2v) is 4.53. The van der Waals surface area contributed by atoms with Crippen LogP contribution in [0.25, 0.3) is 11.0 Å². The minimum atomic E-state index is -0.0681. The van der Waals surface area contributed by atoms with Crippen molar-refractivity contribution >= 4 is 16.9 Å². The highest BCUT2D eigenvalue weighted by atomic mass is 16.1. The second kappa shape index (κ2) is 5.21. The van der Waals surface area contributed by atoms with Gasteiger partial charge < -0.3 is 9.88 Å². The average Bonchev–Trinajstić information content (AvgIpc) is 2.68. The van der Waals surface area contributed by atoms with Crippen LogP contribution >= 0.6 is 0 Å². The van der Waals surface area contributed by atoms with E-state index in [0.717, 1.165) is 29.8 Å². The summed E-state index contributed by atoms with van der Waals surface area (Å²) in [6.07, 6.45) is 1.04. The van der Waals surface area contributed by atoms with E-state index in [1.807, 2.05) is 25.1 Å². The quantitative estimate of drug-likeness (QED) is 0.900. The molecule has 96 valence electrons. The normalized spacial score (nSPS) is 12.6. The lowest BCUT2D eigenvalue weighted by Gasteiger charge is -2.14. The molecule has 0 unspecified atom stereocenters. The summed E-state index contributed by atoms with van der Waals surface area (Å²) in [7, 11) is 0. The minimum Gasteiger partial charge on any atom is -0.347 e. The Bertz CT molecular complexity index is 559. The van der Waals surface area contributed by atoms with E-state index in [4.69, 9.17) is 0 Å². The van der Waals surface area contributed by atoms with E-state index in [1.165, 1.54) is 6.92 Å². The van der Waals surface area contributed by atoms with Crippen LogP contribution in [0.3, 0.4) is 0 Å². The summed E-state index contributed by atoms with van der Waals surface area (Å²) in [6.45, 7) is 6.56. The Hall–Kier alpha value is -1.84. The van der Waals surface area contributed by atoms with Crippen molar-refractivity contribution in [3.63, 3.8) is 0 Å². The van der Waals surface area contributed by atoms with Gasteiger partial charge in [0.15, 0.2) is 0 Å². The molecule has 2 rings (SSSR count).